The second kappa shape index (κ2) is 9.97. The average molecular weight is 541 g/mol. The van der Waals surface area contributed by atoms with Crippen molar-refractivity contribution in [2.75, 3.05) is 37.7 Å². The number of piperazine rings is 1. The van der Waals surface area contributed by atoms with Crippen LogP contribution in [0.25, 0.3) is 11.1 Å². The summed E-state index contributed by atoms with van der Waals surface area (Å²) in [6.45, 7) is 3.03. The zero-order valence-electron chi connectivity index (χ0n) is 20.5. The number of aromatic carboxylic acids is 1. The van der Waals surface area contributed by atoms with Gasteiger partial charge in [-0.25, -0.2) is 9.59 Å². The molecule has 0 atom stereocenters. The summed E-state index contributed by atoms with van der Waals surface area (Å²) < 4.78 is 45.0. The fourth-order valence-electron chi connectivity index (χ4n) is 5.20. The number of fused-ring (bicyclic) bond motifs is 3. The van der Waals surface area contributed by atoms with Gasteiger partial charge in [-0.2, -0.15) is 8.42 Å². The van der Waals surface area contributed by atoms with Crippen molar-refractivity contribution in [2.45, 2.75) is 12.8 Å². The smallest absolute Gasteiger partial charge is 0.478 e. The molecule has 0 bridgehead atoms. The van der Waals surface area contributed by atoms with Crippen molar-refractivity contribution >= 4 is 28.3 Å². The topological polar surface area (TPSA) is 113 Å². The maximum absolute atomic E-state index is 13.1. The molecule has 1 amide bonds. The molecule has 1 fully saturated rings. The average Bonchev–Trinajstić information content (AvgIpc) is 3.21. The summed E-state index contributed by atoms with van der Waals surface area (Å²) in [6, 6.07) is 18.4. The molecule has 3 aromatic rings. The standard InChI is InChI=1S/C27H25FN2O7S/c1-17-23(26(31)32)14-18(37-38(28,34)35)15-25(17)29-10-12-30(13-11-29)27(33)36-16-24-21-8-4-2-6-19(21)20-7-3-5-9-22(20)24/h2-9,14-15,24H,10-13,16H2,1H3,(H,31,32). The minimum absolute atomic E-state index is 0.0562. The van der Waals surface area contributed by atoms with E-state index in [4.69, 9.17) is 4.74 Å². The number of rotatable bonds is 6. The predicted molar refractivity (Wildman–Crippen MR) is 138 cm³/mol. The molecular weight excluding hydrogens is 515 g/mol. The minimum Gasteiger partial charge on any atom is -0.478 e. The maximum atomic E-state index is 13.1. The number of amides is 1. The highest BCUT2D eigenvalue weighted by Gasteiger charge is 2.31. The van der Waals surface area contributed by atoms with Crippen molar-refractivity contribution in [2.24, 2.45) is 0 Å². The summed E-state index contributed by atoms with van der Waals surface area (Å²) >= 11 is 0. The fourth-order valence-corrected chi connectivity index (χ4v) is 5.53. The van der Waals surface area contributed by atoms with Crippen molar-refractivity contribution < 1.29 is 35.9 Å². The van der Waals surface area contributed by atoms with Crippen LogP contribution in [0.4, 0.5) is 14.4 Å². The van der Waals surface area contributed by atoms with Crippen LogP contribution in [-0.2, 0) is 15.2 Å². The molecule has 1 heterocycles. The monoisotopic (exact) mass is 540 g/mol. The summed E-state index contributed by atoms with van der Waals surface area (Å²) in [5.41, 5.74) is 5.06. The fraction of sp³-hybridized carbons (Fsp3) is 0.259. The first-order chi connectivity index (χ1) is 18.1. The molecule has 11 heteroatoms. The third-order valence-corrected chi connectivity index (χ3v) is 7.39. The Kier molecular flexibility index (Phi) is 6.70. The highest BCUT2D eigenvalue weighted by atomic mass is 32.3. The van der Waals surface area contributed by atoms with E-state index < -0.39 is 28.3 Å². The number of halogens is 1. The van der Waals surface area contributed by atoms with Crippen LogP contribution in [0, 0.1) is 6.92 Å². The molecule has 0 saturated carbocycles. The number of carboxylic acid groups (broad SMARTS) is 1. The lowest BCUT2D eigenvalue weighted by Crippen LogP contribution is -2.49. The van der Waals surface area contributed by atoms with Crippen LogP contribution in [0.15, 0.2) is 60.7 Å². The van der Waals surface area contributed by atoms with Gasteiger partial charge in [0.2, 0.25) is 0 Å². The Morgan fingerprint density at radius 3 is 2.11 bits per heavy atom. The highest BCUT2D eigenvalue weighted by Crippen LogP contribution is 2.44. The summed E-state index contributed by atoms with van der Waals surface area (Å²) in [6.07, 6.45) is -0.449. The van der Waals surface area contributed by atoms with E-state index in [9.17, 15) is 27.0 Å². The van der Waals surface area contributed by atoms with Gasteiger partial charge in [0.15, 0.2) is 0 Å². The van der Waals surface area contributed by atoms with Crippen LogP contribution in [0.1, 0.15) is 33.0 Å². The van der Waals surface area contributed by atoms with Gasteiger partial charge in [0.05, 0.1) is 5.56 Å². The molecule has 3 aromatic carbocycles. The van der Waals surface area contributed by atoms with Crippen LogP contribution < -0.4 is 9.08 Å². The molecule has 5 rings (SSSR count). The van der Waals surface area contributed by atoms with Crippen molar-refractivity contribution in [1.29, 1.82) is 0 Å². The quantitative estimate of drug-likeness (QED) is 0.459. The van der Waals surface area contributed by atoms with Gasteiger partial charge in [0, 0.05) is 43.9 Å². The lowest BCUT2D eigenvalue weighted by Gasteiger charge is -2.36. The third kappa shape index (κ3) is 5.01. The first-order valence-electron chi connectivity index (χ1n) is 12.0. The predicted octanol–water partition coefficient (Wildman–Crippen LogP) is 4.36. The largest absolute Gasteiger partial charge is 0.488 e. The number of carboxylic acids is 1. The Morgan fingerprint density at radius 1 is 0.974 bits per heavy atom. The van der Waals surface area contributed by atoms with Crippen LogP contribution in [0.2, 0.25) is 0 Å². The second-order valence-electron chi connectivity index (χ2n) is 9.17. The first kappa shape index (κ1) is 25.5. The van der Waals surface area contributed by atoms with Crippen molar-refractivity contribution in [3.8, 4) is 16.9 Å². The number of hydrogen-bond acceptors (Lipinski definition) is 7. The molecule has 2 aliphatic rings. The van der Waals surface area contributed by atoms with Crippen molar-refractivity contribution in [1.82, 2.24) is 4.90 Å². The van der Waals surface area contributed by atoms with E-state index in [1.807, 2.05) is 36.4 Å². The lowest BCUT2D eigenvalue weighted by molar-refractivity contribution is 0.0695. The molecule has 1 aliphatic heterocycles. The van der Waals surface area contributed by atoms with Gasteiger partial charge in [0.1, 0.15) is 12.4 Å². The number of benzene rings is 3. The van der Waals surface area contributed by atoms with Crippen LogP contribution in [0.3, 0.4) is 0 Å². The first-order valence-corrected chi connectivity index (χ1v) is 13.3. The molecule has 1 saturated heterocycles. The van der Waals surface area contributed by atoms with Crippen molar-refractivity contribution in [3.05, 3.63) is 82.9 Å². The number of carbonyl (C=O) groups is 2. The molecule has 198 valence electrons. The molecule has 0 unspecified atom stereocenters. The number of hydrogen-bond donors (Lipinski definition) is 1. The summed E-state index contributed by atoms with van der Waals surface area (Å²) in [7, 11) is -5.33. The second-order valence-corrected chi connectivity index (χ2v) is 10.1. The van der Waals surface area contributed by atoms with E-state index in [1.54, 1.807) is 16.7 Å². The SMILES string of the molecule is Cc1c(C(=O)O)cc(OS(=O)(=O)F)cc1N1CCN(C(=O)OCC2c3ccccc3-c3ccccc32)CC1. The minimum atomic E-state index is -5.33. The molecule has 0 spiro atoms. The zero-order valence-corrected chi connectivity index (χ0v) is 21.3. The van der Waals surface area contributed by atoms with Gasteiger partial charge in [-0.05, 0) is 40.8 Å². The Labute approximate surface area is 219 Å². The summed E-state index contributed by atoms with van der Waals surface area (Å²) in [5, 5.41) is 9.51. The van der Waals surface area contributed by atoms with Crippen molar-refractivity contribution in [3.63, 3.8) is 0 Å². The normalized spacial score (nSPS) is 15.1. The van der Waals surface area contributed by atoms with Gasteiger partial charge in [0.25, 0.3) is 0 Å². The Bertz CT molecular complexity index is 1470. The Morgan fingerprint density at radius 2 is 1.55 bits per heavy atom. The van der Waals surface area contributed by atoms with E-state index in [0.717, 1.165) is 28.3 Å². The van der Waals surface area contributed by atoms with Gasteiger partial charge in [-0.1, -0.05) is 52.4 Å². The van der Waals surface area contributed by atoms with Gasteiger partial charge >= 0.3 is 22.6 Å². The van der Waals surface area contributed by atoms with Crippen LogP contribution in [-0.4, -0.2) is 63.3 Å². The Hall–Kier alpha value is -4.12. The number of carbonyl (C=O) groups excluding carboxylic acids is 1. The third-order valence-electron chi connectivity index (χ3n) is 6.99. The number of nitrogens with zero attached hydrogens (tertiary/aromatic N) is 2. The van der Waals surface area contributed by atoms with Gasteiger partial charge in [-0.15, -0.1) is 0 Å². The summed E-state index contributed by atoms with van der Waals surface area (Å²) in [5.74, 6) is -1.80. The van der Waals surface area contributed by atoms with E-state index >= 15 is 0 Å². The van der Waals surface area contributed by atoms with E-state index in [0.29, 0.717) is 37.4 Å². The number of anilines is 1. The molecule has 38 heavy (non-hydrogen) atoms. The zero-order chi connectivity index (χ0) is 27.0. The maximum Gasteiger partial charge on any atom is 0.488 e. The molecule has 9 nitrogen and oxygen atoms in total. The molecular formula is C27H25FN2O7S. The van der Waals surface area contributed by atoms with E-state index in [2.05, 4.69) is 16.3 Å². The van der Waals surface area contributed by atoms with Crippen LogP contribution >= 0.6 is 0 Å². The molecule has 1 aliphatic carbocycles. The molecule has 0 aromatic heterocycles. The van der Waals surface area contributed by atoms with Crippen LogP contribution in [0.5, 0.6) is 5.75 Å². The van der Waals surface area contributed by atoms with Gasteiger partial charge in [-0.3, -0.25) is 0 Å². The van der Waals surface area contributed by atoms with E-state index in [1.165, 1.54) is 6.07 Å². The Balaban J connectivity index is 1.26. The number of ether oxygens (including phenoxy) is 1. The highest BCUT2D eigenvalue weighted by molar-refractivity contribution is 7.81. The van der Waals surface area contributed by atoms with E-state index in [-0.39, 0.29) is 18.1 Å². The molecule has 0 radical (unpaired) electrons. The molecule has 1 N–H and O–H groups in total. The lowest BCUT2D eigenvalue weighted by atomic mass is 9.98. The summed E-state index contributed by atoms with van der Waals surface area (Å²) in [4.78, 5) is 28.0. The van der Waals surface area contributed by atoms with Gasteiger partial charge < -0.3 is 23.8 Å².